The highest BCUT2D eigenvalue weighted by molar-refractivity contribution is 5.76. The number of rotatable bonds is 11. The second kappa shape index (κ2) is 11.8. The Kier molecular flexibility index (Phi) is 10.4. The van der Waals surface area contributed by atoms with Gasteiger partial charge in [0.25, 0.3) is 0 Å². The van der Waals surface area contributed by atoms with Crippen molar-refractivity contribution < 1.29 is 14.3 Å². The average molecular weight is 329 g/mol. The van der Waals surface area contributed by atoms with E-state index in [0.29, 0.717) is 44.9 Å². The summed E-state index contributed by atoms with van der Waals surface area (Å²) in [5, 5.41) is 3.29. The number of hydrogen-bond donors (Lipinski definition) is 1. The molecule has 6 nitrogen and oxygen atoms in total. The highest BCUT2D eigenvalue weighted by Crippen LogP contribution is 2.07. The molecule has 0 aromatic carbocycles. The fraction of sp³-hybridized carbons (Fsp3) is 0.941. The summed E-state index contributed by atoms with van der Waals surface area (Å²) in [6.07, 6.45) is 0.469. The van der Waals surface area contributed by atoms with E-state index in [1.54, 1.807) is 0 Å². The van der Waals surface area contributed by atoms with Crippen LogP contribution in [0.2, 0.25) is 0 Å². The van der Waals surface area contributed by atoms with Crippen LogP contribution in [0.15, 0.2) is 0 Å². The highest BCUT2D eigenvalue weighted by atomic mass is 16.5. The van der Waals surface area contributed by atoms with E-state index >= 15 is 0 Å². The van der Waals surface area contributed by atoms with E-state index in [2.05, 4.69) is 37.9 Å². The standard InChI is InChI=1S/C17H35N3O3/c1-15(2)18-6-12-23-14-13-22-11-5-17(21)20-9-7-19(8-10-20)16(3)4/h15-16,18H,5-14H2,1-4H3. The van der Waals surface area contributed by atoms with Crippen molar-refractivity contribution in [2.45, 2.75) is 46.2 Å². The molecule has 1 aliphatic rings. The van der Waals surface area contributed by atoms with Crippen LogP contribution in [0, 0.1) is 0 Å². The molecule has 1 saturated heterocycles. The normalized spacial score (nSPS) is 16.5. The summed E-state index contributed by atoms with van der Waals surface area (Å²) in [7, 11) is 0. The minimum Gasteiger partial charge on any atom is -0.379 e. The van der Waals surface area contributed by atoms with Crippen LogP contribution >= 0.6 is 0 Å². The van der Waals surface area contributed by atoms with Gasteiger partial charge in [-0.25, -0.2) is 0 Å². The Hall–Kier alpha value is -0.690. The Bertz CT molecular complexity index is 316. The van der Waals surface area contributed by atoms with Gasteiger partial charge in [-0.2, -0.15) is 0 Å². The first-order valence-electron chi connectivity index (χ1n) is 8.91. The summed E-state index contributed by atoms with van der Waals surface area (Å²) in [5.41, 5.74) is 0. The maximum absolute atomic E-state index is 12.1. The molecule has 0 aromatic rings. The van der Waals surface area contributed by atoms with Crippen LogP contribution in [0.1, 0.15) is 34.1 Å². The molecular weight excluding hydrogens is 294 g/mol. The van der Waals surface area contributed by atoms with Crippen molar-refractivity contribution in [2.75, 3.05) is 59.2 Å². The van der Waals surface area contributed by atoms with Gasteiger partial charge in [-0.1, -0.05) is 13.8 Å². The number of hydrogen-bond acceptors (Lipinski definition) is 5. The number of carbonyl (C=O) groups is 1. The van der Waals surface area contributed by atoms with Crippen LogP contribution < -0.4 is 5.32 Å². The maximum Gasteiger partial charge on any atom is 0.224 e. The highest BCUT2D eigenvalue weighted by Gasteiger charge is 2.21. The molecule has 0 saturated carbocycles. The summed E-state index contributed by atoms with van der Waals surface area (Å²) in [6, 6.07) is 1.05. The first-order chi connectivity index (χ1) is 11.0. The molecule has 1 aliphatic heterocycles. The van der Waals surface area contributed by atoms with Crippen molar-refractivity contribution in [1.29, 1.82) is 0 Å². The van der Waals surface area contributed by atoms with Crippen molar-refractivity contribution in [3.05, 3.63) is 0 Å². The van der Waals surface area contributed by atoms with Crippen molar-refractivity contribution in [1.82, 2.24) is 15.1 Å². The van der Waals surface area contributed by atoms with Gasteiger partial charge in [-0.3, -0.25) is 9.69 Å². The molecule has 1 amide bonds. The Morgan fingerprint density at radius 3 is 2.13 bits per heavy atom. The van der Waals surface area contributed by atoms with E-state index in [-0.39, 0.29) is 5.91 Å². The fourth-order valence-corrected chi connectivity index (χ4v) is 2.55. The molecule has 0 aliphatic carbocycles. The Balaban J connectivity index is 1.94. The molecule has 0 atom stereocenters. The Morgan fingerprint density at radius 1 is 0.957 bits per heavy atom. The van der Waals surface area contributed by atoms with Gasteiger partial charge in [0.2, 0.25) is 5.91 Å². The van der Waals surface area contributed by atoms with Gasteiger partial charge in [0.05, 0.1) is 32.8 Å². The third kappa shape index (κ3) is 9.25. The number of ether oxygens (including phenoxy) is 2. The van der Waals surface area contributed by atoms with E-state index in [1.807, 2.05) is 4.90 Å². The molecule has 1 N–H and O–H groups in total. The third-order valence-electron chi connectivity index (χ3n) is 4.03. The SMILES string of the molecule is CC(C)NCCOCCOCCC(=O)N1CCN(C(C)C)CC1. The second-order valence-corrected chi connectivity index (χ2v) is 6.59. The van der Waals surface area contributed by atoms with Gasteiger partial charge in [0.15, 0.2) is 0 Å². The topological polar surface area (TPSA) is 54.0 Å². The molecular formula is C17H35N3O3. The largest absolute Gasteiger partial charge is 0.379 e. The van der Waals surface area contributed by atoms with Crippen molar-refractivity contribution in [2.24, 2.45) is 0 Å². The maximum atomic E-state index is 12.1. The number of piperazine rings is 1. The average Bonchev–Trinajstić information content (AvgIpc) is 2.52. The van der Waals surface area contributed by atoms with Crippen LogP contribution in [0.5, 0.6) is 0 Å². The van der Waals surface area contributed by atoms with Crippen molar-refractivity contribution >= 4 is 5.91 Å². The van der Waals surface area contributed by atoms with Crippen molar-refractivity contribution in [3.63, 3.8) is 0 Å². The van der Waals surface area contributed by atoms with Crippen LogP contribution in [0.4, 0.5) is 0 Å². The minimum absolute atomic E-state index is 0.204. The molecule has 0 bridgehead atoms. The molecule has 1 fully saturated rings. The zero-order valence-electron chi connectivity index (χ0n) is 15.3. The summed E-state index contributed by atoms with van der Waals surface area (Å²) < 4.78 is 10.9. The second-order valence-electron chi connectivity index (χ2n) is 6.59. The quantitative estimate of drug-likeness (QED) is 0.572. The number of nitrogens with one attached hydrogen (secondary N) is 1. The summed E-state index contributed by atoms with van der Waals surface area (Å²) >= 11 is 0. The lowest BCUT2D eigenvalue weighted by atomic mass is 10.2. The Morgan fingerprint density at radius 2 is 1.57 bits per heavy atom. The van der Waals surface area contributed by atoms with Gasteiger partial charge in [0.1, 0.15) is 0 Å². The Labute approximate surface area is 141 Å². The predicted molar refractivity (Wildman–Crippen MR) is 92.7 cm³/mol. The lowest BCUT2D eigenvalue weighted by Gasteiger charge is -2.37. The fourth-order valence-electron chi connectivity index (χ4n) is 2.55. The molecule has 0 radical (unpaired) electrons. The molecule has 1 rings (SSSR count). The lowest BCUT2D eigenvalue weighted by Crippen LogP contribution is -2.50. The van der Waals surface area contributed by atoms with Crippen LogP contribution in [0.25, 0.3) is 0 Å². The number of nitrogens with zero attached hydrogens (tertiary/aromatic N) is 2. The lowest BCUT2D eigenvalue weighted by molar-refractivity contribution is -0.134. The van der Waals surface area contributed by atoms with E-state index in [1.165, 1.54) is 0 Å². The first kappa shape index (κ1) is 20.4. The minimum atomic E-state index is 0.204. The number of carbonyl (C=O) groups excluding carboxylic acids is 1. The summed E-state index contributed by atoms with van der Waals surface area (Å²) in [4.78, 5) is 16.5. The van der Waals surface area contributed by atoms with E-state index in [0.717, 1.165) is 32.7 Å². The molecule has 0 aromatic heterocycles. The van der Waals surface area contributed by atoms with Crippen LogP contribution in [-0.2, 0) is 14.3 Å². The predicted octanol–water partition coefficient (Wildman–Crippen LogP) is 0.960. The van der Waals surface area contributed by atoms with Crippen molar-refractivity contribution in [3.8, 4) is 0 Å². The van der Waals surface area contributed by atoms with Gasteiger partial charge in [-0.15, -0.1) is 0 Å². The van der Waals surface area contributed by atoms with Crippen LogP contribution in [0.3, 0.4) is 0 Å². The smallest absolute Gasteiger partial charge is 0.224 e. The third-order valence-corrected chi connectivity index (χ3v) is 4.03. The van der Waals surface area contributed by atoms with E-state index in [4.69, 9.17) is 9.47 Å². The van der Waals surface area contributed by atoms with Crippen LogP contribution in [-0.4, -0.2) is 86.9 Å². The molecule has 1 heterocycles. The van der Waals surface area contributed by atoms with Gasteiger partial charge >= 0.3 is 0 Å². The van der Waals surface area contributed by atoms with Gasteiger partial charge in [0, 0.05) is 44.8 Å². The van der Waals surface area contributed by atoms with Gasteiger partial charge < -0.3 is 19.7 Å². The van der Waals surface area contributed by atoms with E-state index in [9.17, 15) is 4.79 Å². The zero-order chi connectivity index (χ0) is 17.1. The molecule has 0 spiro atoms. The summed E-state index contributed by atoms with van der Waals surface area (Å²) in [6.45, 7) is 15.4. The molecule has 23 heavy (non-hydrogen) atoms. The first-order valence-corrected chi connectivity index (χ1v) is 8.91. The summed E-state index contributed by atoms with van der Waals surface area (Å²) in [5.74, 6) is 0.204. The molecule has 0 unspecified atom stereocenters. The molecule has 136 valence electrons. The zero-order valence-corrected chi connectivity index (χ0v) is 15.3. The molecule has 6 heteroatoms. The number of amides is 1. The van der Waals surface area contributed by atoms with E-state index < -0.39 is 0 Å². The van der Waals surface area contributed by atoms with Gasteiger partial charge in [-0.05, 0) is 13.8 Å². The monoisotopic (exact) mass is 329 g/mol.